The second-order valence-electron chi connectivity index (χ2n) is 8.14. The average Bonchev–Trinajstić information content (AvgIpc) is 3.15. The summed E-state index contributed by atoms with van der Waals surface area (Å²) in [5.41, 5.74) is 2.18. The number of nitrogens with one attached hydrogen (secondary N) is 2. The summed E-state index contributed by atoms with van der Waals surface area (Å²) in [5.74, 6) is 1.75. The zero-order valence-electron chi connectivity index (χ0n) is 18.3. The maximum atomic E-state index is 12.6. The van der Waals surface area contributed by atoms with Crippen LogP contribution in [0.25, 0.3) is 10.2 Å². The molecule has 4 aromatic rings. The SMILES string of the molecule is COc1ccc2nc(NC(=O)Nc3cccnc3Oc3ccccc3C(C)(C)C)sc2c1. The molecule has 2 heterocycles. The molecule has 0 atom stereocenters. The normalized spacial score (nSPS) is 11.2. The number of urea groups is 1. The van der Waals surface area contributed by atoms with Gasteiger partial charge in [-0.15, -0.1) is 0 Å². The van der Waals surface area contributed by atoms with E-state index >= 15 is 0 Å². The van der Waals surface area contributed by atoms with Crippen molar-refractivity contribution in [3.63, 3.8) is 0 Å². The predicted octanol–water partition coefficient (Wildman–Crippen LogP) is 6.43. The fraction of sp³-hybridized carbons (Fsp3) is 0.208. The molecule has 8 heteroatoms. The second-order valence-corrected chi connectivity index (χ2v) is 9.17. The molecule has 4 rings (SSSR count). The number of aromatic nitrogens is 2. The molecule has 2 aromatic carbocycles. The molecule has 0 aliphatic rings. The van der Waals surface area contributed by atoms with E-state index in [-0.39, 0.29) is 5.41 Å². The summed E-state index contributed by atoms with van der Waals surface area (Å²) in [7, 11) is 1.61. The molecular weight excluding hydrogens is 424 g/mol. The lowest BCUT2D eigenvalue weighted by Crippen LogP contribution is -2.20. The highest BCUT2D eigenvalue weighted by Gasteiger charge is 2.20. The van der Waals surface area contributed by atoms with Gasteiger partial charge in [0.2, 0.25) is 5.88 Å². The molecule has 0 radical (unpaired) electrons. The highest BCUT2D eigenvalue weighted by Crippen LogP contribution is 2.35. The van der Waals surface area contributed by atoms with Crippen molar-refractivity contribution in [3.05, 3.63) is 66.4 Å². The second kappa shape index (κ2) is 8.84. The molecule has 0 spiro atoms. The van der Waals surface area contributed by atoms with E-state index in [2.05, 4.69) is 41.4 Å². The van der Waals surface area contributed by atoms with Gasteiger partial charge in [0.1, 0.15) is 17.2 Å². The van der Waals surface area contributed by atoms with E-state index in [4.69, 9.17) is 9.47 Å². The van der Waals surface area contributed by atoms with Gasteiger partial charge in [-0.2, -0.15) is 0 Å². The van der Waals surface area contributed by atoms with E-state index in [1.165, 1.54) is 11.3 Å². The molecule has 0 bridgehead atoms. The van der Waals surface area contributed by atoms with Crippen LogP contribution in [0.1, 0.15) is 26.3 Å². The molecule has 0 aliphatic carbocycles. The Labute approximate surface area is 190 Å². The highest BCUT2D eigenvalue weighted by atomic mass is 32.1. The first-order chi connectivity index (χ1) is 15.3. The van der Waals surface area contributed by atoms with Crippen LogP contribution in [-0.2, 0) is 5.41 Å². The van der Waals surface area contributed by atoms with Crippen molar-refractivity contribution in [3.8, 4) is 17.4 Å². The molecule has 2 amide bonds. The van der Waals surface area contributed by atoms with Crippen LogP contribution in [0.2, 0.25) is 0 Å². The van der Waals surface area contributed by atoms with Gasteiger partial charge in [0, 0.05) is 11.8 Å². The number of benzene rings is 2. The van der Waals surface area contributed by atoms with Crippen LogP contribution in [0.4, 0.5) is 15.6 Å². The van der Waals surface area contributed by atoms with E-state index in [0.717, 1.165) is 21.5 Å². The Bertz CT molecular complexity index is 1260. The summed E-state index contributed by atoms with van der Waals surface area (Å²) < 4.78 is 12.3. The number of thiazole rings is 1. The van der Waals surface area contributed by atoms with Gasteiger partial charge in [-0.1, -0.05) is 50.3 Å². The van der Waals surface area contributed by atoms with Crippen molar-refractivity contribution >= 4 is 38.4 Å². The molecular formula is C24H24N4O3S. The van der Waals surface area contributed by atoms with Gasteiger partial charge in [0.25, 0.3) is 0 Å². The number of anilines is 2. The summed E-state index contributed by atoms with van der Waals surface area (Å²) in [6, 6.07) is 16.4. The van der Waals surface area contributed by atoms with Crippen LogP contribution < -0.4 is 20.1 Å². The molecule has 164 valence electrons. The minimum absolute atomic E-state index is 0.105. The number of amides is 2. The van der Waals surface area contributed by atoms with Gasteiger partial charge in [-0.25, -0.2) is 14.8 Å². The van der Waals surface area contributed by atoms with Crippen molar-refractivity contribution in [2.24, 2.45) is 0 Å². The zero-order valence-corrected chi connectivity index (χ0v) is 19.1. The van der Waals surface area contributed by atoms with Crippen molar-refractivity contribution in [1.29, 1.82) is 0 Å². The minimum Gasteiger partial charge on any atom is -0.497 e. The lowest BCUT2D eigenvalue weighted by molar-refractivity contribution is 0.262. The molecule has 0 saturated carbocycles. The Morgan fingerprint density at radius 2 is 1.84 bits per heavy atom. The lowest BCUT2D eigenvalue weighted by atomic mass is 9.86. The average molecular weight is 449 g/mol. The van der Waals surface area contributed by atoms with Crippen LogP contribution in [0, 0.1) is 0 Å². The molecule has 0 fully saturated rings. The number of hydrogen-bond donors (Lipinski definition) is 2. The third-order valence-corrected chi connectivity index (χ3v) is 5.67. The molecule has 0 unspecified atom stereocenters. The zero-order chi connectivity index (χ0) is 22.7. The first kappa shape index (κ1) is 21.6. The number of fused-ring (bicyclic) bond motifs is 1. The van der Waals surface area contributed by atoms with Gasteiger partial charge in [-0.05, 0) is 41.8 Å². The third-order valence-electron chi connectivity index (χ3n) is 4.74. The predicted molar refractivity (Wildman–Crippen MR) is 128 cm³/mol. The Morgan fingerprint density at radius 1 is 1.03 bits per heavy atom. The molecule has 0 aliphatic heterocycles. The van der Waals surface area contributed by atoms with Crippen LogP contribution >= 0.6 is 11.3 Å². The molecule has 0 saturated heterocycles. The standard InChI is InChI=1S/C24H24N4O3S/c1-24(2,3)16-8-5-6-10-19(16)31-21-18(9-7-13-25-21)26-22(29)28-23-27-17-12-11-15(30-4)14-20(17)32-23/h5-14H,1-4H3,(H2,26,27,28,29). The van der Waals surface area contributed by atoms with Crippen LogP contribution in [-0.4, -0.2) is 23.1 Å². The number of ether oxygens (including phenoxy) is 2. The monoisotopic (exact) mass is 448 g/mol. The summed E-state index contributed by atoms with van der Waals surface area (Å²) >= 11 is 1.37. The van der Waals surface area contributed by atoms with E-state index in [1.807, 2.05) is 42.5 Å². The fourth-order valence-electron chi connectivity index (χ4n) is 3.18. The molecule has 2 aromatic heterocycles. The number of para-hydroxylation sites is 1. The number of rotatable bonds is 5. The number of pyridine rings is 1. The van der Waals surface area contributed by atoms with E-state index in [1.54, 1.807) is 25.4 Å². The minimum atomic E-state index is -0.432. The number of carbonyl (C=O) groups excluding carboxylic acids is 1. The maximum Gasteiger partial charge on any atom is 0.325 e. The highest BCUT2D eigenvalue weighted by molar-refractivity contribution is 7.22. The van der Waals surface area contributed by atoms with E-state index in [9.17, 15) is 4.79 Å². The van der Waals surface area contributed by atoms with Crippen LogP contribution in [0.15, 0.2) is 60.8 Å². The van der Waals surface area contributed by atoms with Crippen molar-refractivity contribution in [2.75, 3.05) is 17.7 Å². The number of carbonyl (C=O) groups is 1. The summed E-state index contributed by atoms with van der Waals surface area (Å²) in [6.07, 6.45) is 1.62. The van der Waals surface area contributed by atoms with E-state index < -0.39 is 6.03 Å². The Balaban J connectivity index is 1.52. The van der Waals surface area contributed by atoms with Crippen LogP contribution in [0.3, 0.4) is 0 Å². The third kappa shape index (κ3) is 4.81. The number of hydrogen-bond acceptors (Lipinski definition) is 6. The molecule has 32 heavy (non-hydrogen) atoms. The summed E-state index contributed by atoms with van der Waals surface area (Å²) in [5, 5.41) is 6.07. The Hall–Kier alpha value is -3.65. The van der Waals surface area contributed by atoms with Gasteiger partial charge in [0.05, 0.1) is 17.3 Å². The summed E-state index contributed by atoms with van der Waals surface area (Å²) in [4.78, 5) is 21.4. The quantitative estimate of drug-likeness (QED) is 0.367. The number of nitrogens with zero attached hydrogens (tertiary/aromatic N) is 2. The van der Waals surface area contributed by atoms with Crippen molar-refractivity contribution in [1.82, 2.24) is 9.97 Å². The van der Waals surface area contributed by atoms with Crippen molar-refractivity contribution in [2.45, 2.75) is 26.2 Å². The smallest absolute Gasteiger partial charge is 0.325 e. The van der Waals surface area contributed by atoms with Gasteiger partial charge >= 0.3 is 6.03 Å². The molecule has 7 nitrogen and oxygen atoms in total. The molecule has 2 N–H and O–H groups in total. The lowest BCUT2D eigenvalue weighted by Gasteiger charge is -2.22. The van der Waals surface area contributed by atoms with Gasteiger partial charge in [0.15, 0.2) is 5.13 Å². The van der Waals surface area contributed by atoms with Gasteiger partial charge < -0.3 is 14.8 Å². The first-order valence-corrected chi connectivity index (χ1v) is 10.9. The number of methoxy groups -OCH3 is 1. The Morgan fingerprint density at radius 3 is 2.62 bits per heavy atom. The van der Waals surface area contributed by atoms with Gasteiger partial charge in [-0.3, -0.25) is 5.32 Å². The van der Waals surface area contributed by atoms with Crippen LogP contribution in [0.5, 0.6) is 17.4 Å². The fourth-order valence-corrected chi connectivity index (χ4v) is 4.07. The maximum absolute atomic E-state index is 12.6. The summed E-state index contributed by atoms with van der Waals surface area (Å²) in [6.45, 7) is 6.36. The van der Waals surface area contributed by atoms with Crippen molar-refractivity contribution < 1.29 is 14.3 Å². The Kier molecular flexibility index (Phi) is 5.96. The topological polar surface area (TPSA) is 85.4 Å². The van der Waals surface area contributed by atoms with E-state index in [0.29, 0.717) is 22.4 Å². The first-order valence-electron chi connectivity index (χ1n) is 10.1. The largest absolute Gasteiger partial charge is 0.497 e.